The highest BCUT2D eigenvalue weighted by atomic mass is 16.5. The van der Waals surface area contributed by atoms with E-state index >= 15 is 0 Å². The molecule has 30 heavy (non-hydrogen) atoms. The molecule has 152 valence electrons. The van der Waals surface area contributed by atoms with Crippen LogP contribution in [0.5, 0.6) is 11.5 Å². The van der Waals surface area contributed by atoms with Gasteiger partial charge in [0.2, 0.25) is 0 Å². The number of nitrogens with one attached hydrogen (secondary N) is 1. The van der Waals surface area contributed by atoms with Crippen LogP contribution in [0.15, 0.2) is 66.7 Å². The molecule has 3 aromatic carbocycles. The van der Waals surface area contributed by atoms with Crippen molar-refractivity contribution in [2.75, 3.05) is 14.2 Å². The van der Waals surface area contributed by atoms with Gasteiger partial charge in [0, 0.05) is 17.7 Å². The van der Waals surface area contributed by atoms with Gasteiger partial charge in [0.15, 0.2) is 0 Å². The first-order valence-corrected chi connectivity index (χ1v) is 9.54. The predicted molar refractivity (Wildman–Crippen MR) is 114 cm³/mol. The number of hydrogen-bond acceptors (Lipinski definition) is 5. The van der Waals surface area contributed by atoms with E-state index in [1.165, 1.54) is 0 Å². The van der Waals surface area contributed by atoms with Crippen molar-refractivity contribution in [3.63, 3.8) is 0 Å². The fourth-order valence-corrected chi connectivity index (χ4v) is 3.26. The molecule has 0 atom stereocenters. The molecule has 7 heteroatoms. The van der Waals surface area contributed by atoms with Crippen molar-refractivity contribution in [3.8, 4) is 11.5 Å². The van der Waals surface area contributed by atoms with E-state index in [4.69, 9.17) is 9.47 Å². The summed E-state index contributed by atoms with van der Waals surface area (Å²) in [5.41, 5.74) is 4.08. The number of methoxy groups -OCH3 is 2. The van der Waals surface area contributed by atoms with E-state index in [0.717, 1.165) is 28.1 Å². The molecule has 0 aliphatic carbocycles. The maximum atomic E-state index is 12.6. The van der Waals surface area contributed by atoms with Crippen molar-refractivity contribution >= 4 is 16.9 Å². The molecule has 1 amide bonds. The third-order valence-corrected chi connectivity index (χ3v) is 4.90. The van der Waals surface area contributed by atoms with Gasteiger partial charge in [0.25, 0.3) is 5.91 Å². The molecule has 4 rings (SSSR count). The Bertz CT molecular complexity index is 1170. The topological polar surface area (TPSA) is 78.3 Å². The Hall–Kier alpha value is -3.87. The lowest BCUT2D eigenvalue weighted by Gasteiger charge is -2.09. The number of amides is 1. The quantitative estimate of drug-likeness (QED) is 0.512. The van der Waals surface area contributed by atoms with E-state index in [0.29, 0.717) is 24.2 Å². The third-order valence-electron chi connectivity index (χ3n) is 4.90. The van der Waals surface area contributed by atoms with Crippen LogP contribution in [0.2, 0.25) is 0 Å². The van der Waals surface area contributed by atoms with Gasteiger partial charge in [-0.3, -0.25) is 4.79 Å². The first kappa shape index (κ1) is 19.4. The molecule has 1 aromatic heterocycles. The van der Waals surface area contributed by atoms with E-state index in [2.05, 4.69) is 15.6 Å². The fraction of sp³-hybridized carbons (Fsp3) is 0.174. The van der Waals surface area contributed by atoms with Crippen LogP contribution in [0.4, 0.5) is 0 Å². The van der Waals surface area contributed by atoms with E-state index in [9.17, 15) is 4.79 Å². The van der Waals surface area contributed by atoms with Crippen LogP contribution in [-0.2, 0) is 13.1 Å². The van der Waals surface area contributed by atoms with Crippen LogP contribution in [0.25, 0.3) is 11.0 Å². The molecule has 1 heterocycles. The molecule has 0 aliphatic rings. The lowest BCUT2D eigenvalue weighted by Crippen LogP contribution is -2.23. The van der Waals surface area contributed by atoms with Crippen molar-refractivity contribution in [2.45, 2.75) is 13.1 Å². The number of aromatic nitrogens is 3. The Morgan fingerprint density at radius 1 is 1.00 bits per heavy atom. The van der Waals surface area contributed by atoms with Crippen molar-refractivity contribution in [1.29, 1.82) is 0 Å². The SMILES string of the molecule is COc1ccc(Cn2nnc3cc(C(=O)NCc4ccccc4OC)ccc32)cc1. The molecular formula is C23H22N4O3. The number of carbonyl (C=O) groups is 1. The summed E-state index contributed by atoms with van der Waals surface area (Å²) in [6, 6.07) is 20.8. The molecule has 4 aromatic rings. The summed E-state index contributed by atoms with van der Waals surface area (Å²) < 4.78 is 12.3. The zero-order valence-corrected chi connectivity index (χ0v) is 16.8. The average molecular weight is 402 g/mol. The van der Waals surface area contributed by atoms with Gasteiger partial charge in [0.05, 0.1) is 26.3 Å². The summed E-state index contributed by atoms with van der Waals surface area (Å²) >= 11 is 0. The van der Waals surface area contributed by atoms with Gasteiger partial charge in [0.1, 0.15) is 17.0 Å². The normalized spacial score (nSPS) is 10.7. The molecule has 0 spiro atoms. The van der Waals surface area contributed by atoms with Crippen molar-refractivity contribution in [3.05, 3.63) is 83.4 Å². The molecule has 1 N–H and O–H groups in total. The summed E-state index contributed by atoms with van der Waals surface area (Å²) in [4.78, 5) is 12.6. The second-order valence-electron chi connectivity index (χ2n) is 6.79. The Balaban J connectivity index is 1.47. The molecule has 0 saturated carbocycles. The number of nitrogens with zero attached hydrogens (tertiary/aromatic N) is 3. The van der Waals surface area contributed by atoms with Crippen LogP contribution in [-0.4, -0.2) is 35.1 Å². The lowest BCUT2D eigenvalue weighted by atomic mass is 10.1. The maximum absolute atomic E-state index is 12.6. The summed E-state index contributed by atoms with van der Waals surface area (Å²) in [6.07, 6.45) is 0. The summed E-state index contributed by atoms with van der Waals surface area (Å²) in [5, 5.41) is 11.4. The van der Waals surface area contributed by atoms with Crippen molar-refractivity contribution in [2.24, 2.45) is 0 Å². The van der Waals surface area contributed by atoms with Crippen LogP contribution < -0.4 is 14.8 Å². The summed E-state index contributed by atoms with van der Waals surface area (Å²) in [7, 11) is 3.26. The Kier molecular flexibility index (Phi) is 5.61. The van der Waals surface area contributed by atoms with Crippen molar-refractivity contribution in [1.82, 2.24) is 20.3 Å². The van der Waals surface area contributed by atoms with Crippen LogP contribution in [0.3, 0.4) is 0 Å². The third kappa shape index (κ3) is 4.10. The zero-order chi connectivity index (χ0) is 20.9. The van der Waals surface area contributed by atoms with Crippen LogP contribution in [0, 0.1) is 0 Å². The lowest BCUT2D eigenvalue weighted by molar-refractivity contribution is 0.0951. The number of rotatable bonds is 7. The van der Waals surface area contributed by atoms with E-state index in [-0.39, 0.29) is 5.91 Å². The Labute approximate surface area is 174 Å². The number of carbonyl (C=O) groups excluding carboxylic acids is 1. The average Bonchev–Trinajstić information content (AvgIpc) is 3.20. The zero-order valence-electron chi connectivity index (χ0n) is 16.8. The van der Waals surface area contributed by atoms with E-state index in [1.807, 2.05) is 59.3 Å². The smallest absolute Gasteiger partial charge is 0.251 e. The maximum Gasteiger partial charge on any atom is 0.251 e. The van der Waals surface area contributed by atoms with Gasteiger partial charge < -0.3 is 14.8 Å². The second-order valence-corrected chi connectivity index (χ2v) is 6.79. The van der Waals surface area contributed by atoms with Gasteiger partial charge in [-0.2, -0.15) is 0 Å². The number of para-hydroxylation sites is 1. The molecular weight excluding hydrogens is 380 g/mol. The Morgan fingerprint density at radius 2 is 1.80 bits per heavy atom. The fourth-order valence-electron chi connectivity index (χ4n) is 3.26. The summed E-state index contributed by atoms with van der Waals surface area (Å²) in [5.74, 6) is 1.38. The van der Waals surface area contributed by atoms with E-state index in [1.54, 1.807) is 26.4 Å². The van der Waals surface area contributed by atoms with Gasteiger partial charge >= 0.3 is 0 Å². The molecule has 0 bridgehead atoms. The minimum atomic E-state index is -0.174. The Morgan fingerprint density at radius 3 is 2.57 bits per heavy atom. The highest BCUT2D eigenvalue weighted by molar-refractivity contribution is 5.97. The molecule has 0 radical (unpaired) electrons. The number of fused-ring (bicyclic) bond motifs is 1. The van der Waals surface area contributed by atoms with Gasteiger partial charge in [-0.25, -0.2) is 4.68 Å². The van der Waals surface area contributed by atoms with Crippen LogP contribution in [0.1, 0.15) is 21.5 Å². The van der Waals surface area contributed by atoms with Gasteiger partial charge in [-0.15, -0.1) is 5.10 Å². The van der Waals surface area contributed by atoms with E-state index < -0.39 is 0 Å². The predicted octanol–water partition coefficient (Wildman–Crippen LogP) is 3.43. The molecule has 0 fully saturated rings. The standard InChI is InChI=1S/C23H22N4O3/c1-29-19-10-7-16(8-11-19)15-27-21-12-9-17(13-20(21)25-26-27)23(28)24-14-18-5-3-4-6-22(18)30-2/h3-13H,14-15H2,1-2H3,(H,24,28). The first-order chi connectivity index (χ1) is 14.7. The largest absolute Gasteiger partial charge is 0.497 e. The highest BCUT2D eigenvalue weighted by Gasteiger charge is 2.11. The molecule has 0 unspecified atom stereocenters. The highest BCUT2D eigenvalue weighted by Crippen LogP contribution is 2.19. The first-order valence-electron chi connectivity index (χ1n) is 9.54. The number of hydrogen-bond donors (Lipinski definition) is 1. The van der Waals surface area contributed by atoms with Crippen molar-refractivity contribution < 1.29 is 14.3 Å². The number of ether oxygens (including phenoxy) is 2. The number of benzene rings is 3. The molecule has 0 aliphatic heterocycles. The molecule has 0 saturated heterocycles. The monoisotopic (exact) mass is 402 g/mol. The summed E-state index contributed by atoms with van der Waals surface area (Å²) in [6.45, 7) is 0.963. The minimum absolute atomic E-state index is 0.174. The van der Waals surface area contributed by atoms with Gasteiger partial charge in [-0.05, 0) is 42.0 Å². The molecule has 7 nitrogen and oxygen atoms in total. The van der Waals surface area contributed by atoms with Gasteiger partial charge in [-0.1, -0.05) is 35.5 Å². The minimum Gasteiger partial charge on any atom is -0.497 e. The second kappa shape index (κ2) is 8.65. The van der Waals surface area contributed by atoms with Crippen LogP contribution >= 0.6 is 0 Å².